The second-order valence-corrected chi connectivity index (χ2v) is 7.09. The van der Waals surface area contributed by atoms with E-state index in [1.807, 2.05) is 0 Å². The van der Waals surface area contributed by atoms with Crippen LogP contribution >= 0.6 is 24.0 Å². The van der Waals surface area contributed by atoms with Crippen LogP contribution in [-0.2, 0) is 10.0 Å². The summed E-state index contributed by atoms with van der Waals surface area (Å²) in [5.41, 5.74) is -0.259. The normalized spacial score (nSPS) is 14.9. The molecule has 0 unspecified atom stereocenters. The zero-order valence-electron chi connectivity index (χ0n) is 13.8. The van der Waals surface area contributed by atoms with Gasteiger partial charge >= 0.3 is 0 Å². The minimum atomic E-state index is -3.79. The molecule has 11 heteroatoms. The van der Waals surface area contributed by atoms with E-state index in [1.165, 1.54) is 18.2 Å². The number of nitro groups is 1. The van der Waals surface area contributed by atoms with Gasteiger partial charge in [0.15, 0.2) is 5.96 Å². The molecular formula is C14H22IN5O4S. The first-order chi connectivity index (χ1) is 11.4. The third-order valence-corrected chi connectivity index (χ3v) is 5.12. The molecule has 140 valence electrons. The van der Waals surface area contributed by atoms with Crippen LogP contribution in [0.4, 0.5) is 5.69 Å². The predicted molar refractivity (Wildman–Crippen MR) is 106 cm³/mol. The summed E-state index contributed by atoms with van der Waals surface area (Å²) in [6, 6.07) is 4.96. The van der Waals surface area contributed by atoms with E-state index >= 15 is 0 Å². The van der Waals surface area contributed by atoms with Crippen molar-refractivity contribution in [3.8, 4) is 0 Å². The third kappa shape index (κ3) is 6.08. The fraction of sp³-hybridized carbons (Fsp3) is 0.500. The summed E-state index contributed by atoms with van der Waals surface area (Å²) < 4.78 is 26.8. The Labute approximate surface area is 164 Å². The largest absolute Gasteiger partial charge is 0.355 e. The van der Waals surface area contributed by atoms with E-state index in [9.17, 15) is 18.5 Å². The number of rotatable bonds is 6. The van der Waals surface area contributed by atoms with Gasteiger partial charge in [-0.1, -0.05) is 6.07 Å². The van der Waals surface area contributed by atoms with Crippen molar-refractivity contribution in [3.05, 3.63) is 34.4 Å². The van der Waals surface area contributed by atoms with Gasteiger partial charge in [0.1, 0.15) is 0 Å². The lowest BCUT2D eigenvalue weighted by Crippen LogP contribution is -2.42. The predicted octanol–water partition coefficient (Wildman–Crippen LogP) is 1.16. The standard InChI is InChI=1S/C14H21N5O4S.HI/c1-15-14(18-9-2-3-10-18)16-7-8-17-24(22,23)13-6-4-5-12(11-13)19(20)21;/h4-6,11,17H,2-3,7-10H2,1H3,(H,15,16);1H. The third-order valence-electron chi connectivity index (χ3n) is 3.66. The first kappa shape index (κ1) is 21.6. The number of nitrogens with one attached hydrogen (secondary N) is 2. The van der Waals surface area contributed by atoms with Crippen LogP contribution in [0.2, 0.25) is 0 Å². The van der Waals surface area contributed by atoms with Crippen LogP contribution in [-0.4, -0.2) is 57.4 Å². The van der Waals surface area contributed by atoms with Gasteiger partial charge in [0.2, 0.25) is 10.0 Å². The maximum absolute atomic E-state index is 12.2. The van der Waals surface area contributed by atoms with Crippen molar-refractivity contribution in [1.29, 1.82) is 0 Å². The molecule has 2 N–H and O–H groups in total. The summed E-state index contributed by atoms with van der Waals surface area (Å²) in [5.74, 6) is 0.752. The van der Waals surface area contributed by atoms with Crippen molar-refractivity contribution in [2.45, 2.75) is 17.7 Å². The first-order valence-electron chi connectivity index (χ1n) is 7.64. The number of hydrogen-bond acceptors (Lipinski definition) is 5. The number of halogens is 1. The Kier molecular flexibility index (Phi) is 8.52. The minimum Gasteiger partial charge on any atom is -0.355 e. The SMILES string of the molecule is CN=C(NCCNS(=O)(=O)c1cccc([N+](=O)[O-])c1)N1CCCC1.I. The molecule has 1 heterocycles. The van der Waals surface area contributed by atoms with Crippen LogP contribution in [0, 0.1) is 10.1 Å². The maximum Gasteiger partial charge on any atom is 0.270 e. The van der Waals surface area contributed by atoms with Gasteiger partial charge in [-0.25, -0.2) is 13.1 Å². The summed E-state index contributed by atoms with van der Waals surface area (Å²) in [4.78, 5) is 16.3. The molecule has 0 aromatic heterocycles. The van der Waals surface area contributed by atoms with Crippen LogP contribution in [0.3, 0.4) is 0 Å². The minimum absolute atomic E-state index is 0. The average Bonchev–Trinajstić information content (AvgIpc) is 3.09. The van der Waals surface area contributed by atoms with Crippen molar-refractivity contribution in [3.63, 3.8) is 0 Å². The molecule has 0 radical (unpaired) electrons. The van der Waals surface area contributed by atoms with Crippen LogP contribution < -0.4 is 10.0 Å². The Bertz CT molecular complexity index is 720. The number of aliphatic imine (C=N–C) groups is 1. The fourth-order valence-corrected chi connectivity index (χ4v) is 3.54. The molecule has 0 spiro atoms. The number of benzene rings is 1. The lowest BCUT2D eigenvalue weighted by molar-refractivity contribution is -0.385. The second-order valence-electron chi connectivity index (χ2n) is 5.32. The zero-order valence-corrected chi connectivity index (χ0v) is 17.0. The number of non-ortho nitro benzene ring substituents is 1. The molecule has 1 fully saturated rings. The van der Waals surface area contributed by atoms with E-state index in [1.54, 1.807) is 7.05 Å². The van der Waals surface area contributed by atoms with Crippen molar-refractivity contribution in [1.82, 2.24) is 14.9 Å². The van der Waals surface area contributed by atoms with Gasteiger partial charge in [0.25, 0.3) is 5.69 Å². The number of hydrogen-bond donors (Lipinski definition) is 2. The number of guanidine groups is 1. The Morgan fingerprint density at radius 3 is 2.60 bits per heavy atom. The van der Waals surface area contributed by atoms with Gasteiger partial charge in [-0.2, -0.15) is 0 Å². The molecule has 1 aromatic rings. The first-order valence-corrected chi connectivity index (χ1v) is 9.12. The molecule has 1 aromatic carbocycles. The van der Waals surface area contributed by atoms with E-state index in [2.05, 4.69) is 19.9 Å². The Morgan fingerprint density at radius 1 is 1.32 bits per heavy atom. The lowest BCUT2D eigenvalue weighted by Gasteiger charge is -2.20. The van der Waals surface area contributed by atoms with Crippen LogP contribution in [0.25, 0.3) is 0 Å². The molecule has 1 aliphatic heterocycles. The monoisotopic (exact) mass is 483 g/mol. The topological polar surface area (TPSA) is 117 Å². The van der Waals surface area contributed by atoms with Crippen molar-refractivity contribution in [2.75, 3.05) is 33.2 Å². The van der Waals surface area contributed by atoms with E-state index in [4.69, 9.17) is 0 Å². The Hall–Kier alpha value is -1.47. The summed E-state index contributed by atoms with van der Waals surface area (Å²) in [5, 5.41) is 13.8. The fourth-order valence-electron chi connectivity index (χ4n) is 2.47. The Balaban J connectivity index is 0.00000312. The smallest absolute Gasteiger partial charge is 0.270 e. The molecule has 25 heavy (non-hydrogen) atoms. The van der Waals surface area contributed by atoms with E-state index in [-0.39, 0.29) is 41.1 Å². The Morgan fingerprint density at radius 2 is 2.00 bits per heavy atom. The number of nitro benzene ring substituents is 1. The second kappa shape index (κ2) is 9.87. The van der Waals surface area contributed by atoms with Crippen LogP contribution in [0.1, 0.15) is 12.8 Å². The molecule has 1 aliphatic rings. The number of nitrogens with zero attached hydrogens (tertiary/aromatic N) is 3. The summed E-state index contributed by atoms with van der Waals surface area (Å²) in [7, 11) is -2.10. The quantitative estimate of drug-likeness (QED) is 0.157. The molecule has 9 nitrogen and oxygen atoms in total. The molecule has 0 aliphatic carbocycles. The average molecular weight is 483 g/mol. The molecule has 0 atom stereocenters. The van der Waals surface area contributed by atoms with Gasteiger partial charge in [-0.05, 0) is 18.9 Å². The van der Waals surface area contributed by atoms with Crippen molar-refractivity contribution < 1.29 is 13.3 Å². The van der Waals surface area contributed by atoms with Gasteiger partial charge < -0.3 is 10.2 Å². The van der Waals surface area contributed by atoms with Gasteiger partial charge in [-0.3, -0.25) is 15.1 Å². The molecule has 0 bridgehead atoms. The highest BCUT2D eigenvalue weighted by Crippen LogP contribution is 2.16. The van der Waals surface area contributed by atoms with Crippen LogP contribution in [0.5, 0.6) is 0 Å². The van der Waals surface area contributed by atoms with Gasteiger partial charge in [-0.15, -0.1) is 24.0 Å². The van der Waals surface area contributed by atoms with Crippen molar-refractivity contribution in [2.24, 2.45) is 4.99 Å². The zero-order chi connectivity index (χ0) is 17.6. The van der Waals surface area contributed by atoms with E-state index in [0.717, 1.165) is 38.0 Å². The molecular weight excluding hydrogens is 461 g/mol. The molecule has 1 saturated heterocycles. The molecule has 0 saturated carbocycles. The summed E-state index contributed by atoms with van der Waals surface area (Å²) in [6.07, 6.45) is 2.25. The highest BCUT2D eigenvalue weighted by atomic mass is 127. The highest BCUT2D eigenvalue weighted by molar-refractivity contribution is 14.0. The van der Waals surface area contributed by atoms with Gasteiger partial charge in [0, 0.05) is 45.4 Å². The van der Waals surface area contributed by atoms with Crippen LogP contribution in [0.15, 0.2) is 34.2 Å². The van der Waals surface area contributed by atoms with E-state index in [0.29, 0.717) is 6.54 Å². The maximum atomic E-state index is 12.2. The number of sulfonamides is 1. The summed E-state index contributed by atoms with van der Waals surface area (Å²) in [6.45, 7) is 2.41. The summed E-state index contributed by atoms with van der Waals surface area (Å²) >= 11 is 0. The molecule has 0 amide bonds. The lowest BCUT2D eigenvalue weighted by atomic mass is 10.3. The van der Waals surface area contributed by atoms with Crippen molar-refractivity contribution >= 4 is 45.6 Å². The van der Waals surface area contributed by atoms with E-state index < -0.39 is 14.9 Å². The number of likely N-dealkylation sites (tertiary alicyclic amines) is 1. The highest BCUT2D eigenvalue weighted by Gasteiger charge is 2.18. The van der Waals surface area contributed by atoms with Gasteiger partial charge in [0.05, 0.1) is 9.82 Å². The molecule has 2 rings (SSSR count).